The highest BCUT2D eigenvalue weighted by Crippen LogP contribution is 2.21. The van der Waals surface area contributed by atoms with Gasteiger partial charge in [0.25, 0.3) is 0 Å². The zero-order chi connectivity index (χ0) is 11.3. The van der Waals surface area contributed by atoms with Gasteiger partial charge in [0.1, 0.15) is 0 Å². The quantitative estimate of drug-likeness (QED) is 0.649. The van der Waals surface area contributed by atoms with Crippen LogP contribution in [0.3, 0.4) is 0 Å². The Morgan fingerprint density at radius 3 is 2.27 bits per heavy atom. The summed E-state index contributed by atoms with van der Waals surface area (Å²) in [7, 11) is 0. The highest BCUT2D eigenvalue weighted by molar-refractivity contribution is 5.64. The SMILES string of the molecule is C=C(c1ccc(CCCC)cc1)C(C)C. The van der Waals surface area contributed by atoms with Crippen molar-refractivity contribution < 1.29 is 0 Å². The monoisotopic (exact) mass is 202 g/mol. The van der Waals surface area contributed by atoms with Crippen molar-refractivity contribution in [2.75, 3.05) is 0 Å². The molecule has 0 saturated carbocycles. The maximum Gasteiger partial charge on any atom is -0.0219 e. The summed E-state index contributed by atoms with van der Waals surface area (Å²) in [6, 6.07) is 8.87. The van der Waals surface area contributed by atoms with E-state index in [4.69, 9.17) is 0 Å². The number of hydrogen-bond acceptors (Lipinski definition) is 0. The molecule has 0 nitrogen and oxygen atoms in total. The number of benzene rings is 1. The Balaban J connectivity index is 2.68. The van der Waals surface area contributed by atoms with E-state index in [9.17, 15) is 0 Å². The van der Waals surface area contributed by atoms with Crippen molar-refractivity contribution in [1.82, 2.24) is 0 Å². The fourth-order valence-electron chi connectivity index (χ4n) is 1.60. The largest absolute Gasteiger partial charge is 0.0950 e. The summed E-state index contributed by atoms with van der Waals surface area (Å²) in [4.78, 5) is 0. The molecule has 0 spiro atoms. The van der Waals surface area contributed by atoms with Crippen molar-refractivity contribution in [2.45, 2.75) is 40.0 Å². The molecule has 1 rings (SSSR count). The van der Waals surface area contributed by atoms with E-state index in [0.29, 0.717) is 5.92 Å². The van der Waals surface area contributed by atoms with E-state index in [2.05, 4.69) is 51.6 Å². The molecule has 82 valence electrons. The van der Waals surface area contributed by atoms with Gasteiger partial charge in [-0.1, -0.05) is 58.0 Å². The Morgan fingerprint density at radius 2 is 1.80 bits per heavy atom. The minimum atomic E-state index is 0.534. The van der Waals surface area contributed by atoms with E-state index >= 15 is 0 Å². The lowest BCUT2D eigenvalue weighted by atomic mass is 9.95. The van der Waals surface area contributed by atoms with Crippen LogP contribution in [0, 0.1) is 5.92 Å². The number of rotatable bonds is 5. The molecular formula is C15H22. The van der Waals surface area contributed by atoms with E-state index in [-0.39, 0.29) is 0 Å². The molecule has 0 aliphatic carbocycles. The van der Waals surface area contributed by atoms with Gasteiger partial charge in [0, 0.05) is 0 Å². The lowest BCUT2D eigenvalue weighted by molar-refractivity contribution is 0.795. The Labute approximate surface area is 94.0 Å². The van der Waals surface area contributed by atoms with Crippen LogP contribution >= 0.6 is 0 Å². The van der Waals surface area contributed by atoms with Crippen LogP contribution in [0.1, 0.15) is 44.7 Å². The standard InChI is InChI=1S/C15H22/c1-5-6-7-14-8-10-15(11-9-14)13(4)12(2)3/h8-12H,4-7H2,1-3H3. The Morgan fingerprint density at radius 1 is 1.20 bits per heavy atom. The molecule has 0 N–H and O–H groups in total. The molecule has 0 amide bonds. The molecule has 0 atom stereocenters. The first-order valence-electron chi connectivity index (χ1n) is 5.93. The van der Waals surface area contributed by atoms with Crippen molar-refractivity contribution >= 4 is 5.57 Å². The van der Waals surface area contributed by atoms with Gasteiger partial charge < -0.3 is 0 Å². The molecule has 0 heteroatoms. The molecule has 0 saturated heterocycles. The van der Waals surface area contributed by atoms with Crippen LogP contribution in [0.4, 0.5) is 0 Å². The van der Waals surface area contributed by atoms with E-state index in [1.807, 2.05) is 0 Å². The summed E-state index contributed by atoms with van der Waals surface area (Å²) < 4.78 is 0. The molecule has 15 heavy (non-hydrogen) atoms. The number of allylic oxidation sites excluding steroid dienone is 1. The van der Waals surface area contributed by atoms with Gasteiger partial charge in [0.05, 0.1) is 0 Å². The third kappa shape index (κ3) is 3.54. The summed E-state index contributed by atoms with van der Waals surface area (Å²) in [6.07, 6.45) is 3.75. The highest BCUT2D eigenvalue weighted by atomic mass is 14.1. The molecule has 0 aromatic heterocycles. The van der Waals surface area contributed by atoms with Crippen molar-refractivity contribution in [3.63, 3.8) is 0 Å². The van der Waals surface area contributed by atoms with Crippen LogP contribution in [-0.2, 0) is 6.42 Å². The van der Waals surface area contributed by atoms with Crippen LogP contribution in [0.25, 0.3) is 5.57 Å². The van der Waals surface area contributed by atoms with Crippen molar-refractivity contribution in [3.05, 3.63) is 42.0 Å². The van der Waals surface area contributed by atoms with Crippen molar-refractivity contribution in [2.24, 2.45) is 5.92 Å². The highest BCUT2D eigenvalue weighted by Gasteiger charge is 2.02. The normalized spacial score (nSPS) is 10.7. The zero-order valence-corrected chi connectivity index (χ0v) is 10.2. The lowest BCUT2D eigenvalue weighted by Gasteiger charge is -2.10. The molecule has 1 aromatic carbocycles. The van der Waals surface area contributed by atoms with Crippen LogP contribution in [-0.4, -0.2) is 0 Å². The van der Waals surface area contributed by atoms with Crippen molar-refractivity contribution in [1.29, 1.82) is 0 Å². The fourth-order valence-corrected chi connectivity index (χ4v) is 1.60. The van der Waals surface area contributed by atoms with Gasteiger partial charge >= 0.3 is 0 Å². The van der Waals surface area contributed by atoms with E-state index < -0.39 is 0 Å². The summed E-state index contributed by atoms with van der Waals surface area (Å²) in [5, 5.41) is 0. The summed E-state index contributed by atoms with van der Waals surface area (Å²) in [6.45, 7) is 10.7. The summed E-state index contributed by atoms with van der Waals surface area (Å²) in [5.74, 6) is 0.534. The molecule has 0 unspecified atom stereocenters. The molecule has 0 radical (unpaired) electrons. The minimum absolute atomic E-state index is 0.534. The first-order valence-corrected chi connectivity index (χ1v) is 5.93. The molecule has 0 aliphatic rings. The maximum absolute atomic E-state index is 4.12. The van der Waals surface area contributed by atoms with Gasteiger partial charge in [-0.25, -0.2) is 0 Å². The number of unbranched alkanes of at least 4 members (excludes halogenated alkanes) is 1. The van der Waals surface area contributed by atoms with Gasteiger partial charge in [-0.05, 0) is 35.5 Å². The summed E-state index contributed by atoms with van der Waals surface area (Å²) in [5.41, 5.74) is 3.96. The number of aryl methyl sites for hydroxylation is 1. The molecule has 0 aliphatic heterocycles. The average molecular weight is 202 g/mol. The van der Waals surface area contributed by atoms with Crippen LogP contribution in [0.5, 0.6) is 0 Å². The molecule has 1 aromatic rings. The average Bonchev–Trinajstić information content (AvgIpc) is 2.26. The molecular weight excluding hydrogens is 180 g/mol. The second-order valence-electron chi connectivity index (χ2n) is 4.48. The van der Waals surface area contributed by atoms with Gasteiger partial charge in [-0.2, -0.15) is 0 Å². The van der Waals surface area contributed by atoms with E-state index in [1.165, 1.54) is 36.0 Å². The van der Waals surface area contributed by atoms with Crippen molar-refractivity contribution in [3.8, 4) is 0 Å². The fraction of sp³-hybridized carbons (Fsp3) is 0.467. The first-order chi connectivity index (χ1) is 7.15. The van der Waals surface area contributed by atoms with Crippen LogP contribution in [0.2, 0.25) is 0 Å². The number of hydrogen-bond donors (Lipinski definition) is 0. The zero-order valence-electron chi connectivity index (χ0n) is 10.2. The predicted molar refractivity (Wildman–Crippen MR) is 68.9 cm³/mol. The molecule has 0 heterocycles. The van der Waals surface area contributed by atoms with E-state index in [0.717, 1.165) is 0 Å². The van der Waals surface area contributed by atoms with E-state index in [1.54, 1.807) is 0 Å². The van der Waals surface area contributed by atoms with Crippen LogP contribution in [0.15, 0.2) is 30.8 Å². The van der Waals surface area contributed by atoms with Gasteiger partial charge in [-0.15, -0.1) is 0 Å². The Hall–Kier alpha value is -1.04. The predicted octanol–water partition coefficient (Wildman–Crippen LogP) is 4.70. The third-order valence-corrected chi connectivity index (χ3v) is 2.84. The third-order valence-electron chi connectivity index (χ3n) is 2.84. The minimum Gasteiger partial charge on any atom is -0.0950 e. The maximum atomic E-state index is 4.12. The van der Waals surface area contributed by atoms with Crippen LogP contribution < -0.4 is 0 Å². The summed E-state index contributed by atoms with van der Waals surface area (Å²) >= 11 is 0. The Bertz CT molecular complexity index is 303. The van der Waals surface area contributed by atoms with Gasteiger partial charge in [0.2, 0.25) is 0 Å². The Kier molecular flexibility index (Phi) is 4.61. The topological polar surface area (TPSA) is 0 Å². The molecule has 0 bridgehead atoms. The molecule has 0 fully saturated rings. The second kappa shape index (κ2) is 5.75. The van der Waals surface area contributed by atoms with Gasteiger partial charge in [0.15, 0.2) is 0 Å². The first kappa shape index (κ1) is 12.0. The smallest absolute Gasteiger partial charge is 0.0219 e. The lowest BCUT2D eigenvalue weighted by Crippen LogP contribution is -1.92. The second-order valence-corrected chi connectivity index (χ2v) is 4.48. The van der Waals surface area contributed by atoms with Gasteiger partial charge in [-0.3, -0.25) is 0 Å².